The van der Waals surface area contributed by atoms with Crippen molar-refractivity contribution in [3.63, 3.8) is 0 Å². The zero-order chi connectivity index (χ0) is 23.6. The van der Waals surface area contributed by atoms with Crippen LogP contribution in [-0.2, 0) is 6.18 Å². The summed E-state index contributed by atoms with van der Waals surface area (Å²) < 4.78 is 40.2. The number of pyridine rings is 1. The Morgan fingerprint density at radius 1 is 0.939 bits per heavy atom. The summed E-state index contributed by atoms with van der Waals surface area (Å²) in [6.07, 6.45) is -3.05. The Bertz CT molecular complexity index is 1090. The zero-order valence-electron chi connectivity index (χ0n) is 18.8. The Kier molecular flexibility index (Phi) is 6.26. The molecule has 1 aromatic carbocycles. The first-order chi connectivity index (χ1) is 15.7. The maximum Gasteiger partial charge on any atom is 0.419 e. The number of rotatable bonds is 5. The van der Waals surface area contributed by atoms with Crippen LogP contribution < -0.4 is 20.0 Å². The summed E-state index contributed by atoms with van der Waals surface area (Å²) in [6, 6.07) is 12.2. The van der Waals surface area contributed by atoms with E-state index in [2.05, 4.69) is 20.3 Å². The Hall–Kier alpha value is -3.56. The van der Waals surface area contributed by atoms with Crippen molar-refractivity contribution in [2.24, 2.45) is 0 Å². The number of halogens is 3. The first-order valence-corrected chi connectivity index (χ1v) is 10.6. The second kappa shape index (κ2) is 9.13. The van der Waals surface area contributed by atoms with Gasteiger partial charge in [0.25, 0.3) is 0 Å². The van der Waals surface area contributed by atoms with Gasteiger partial charge in [-0.3, -0.25) is 0 Å². The first-order valence-electron chi connectivity index (χ1n) is 10.6. The molecule has 0 aliphatic carbocycles. The number of piperazine rings is 1. The molecule has 3 heterocycles. The van der Waals surface area contributed by atoms with Crippen LogP contribution in [0.3, 0.4) is 0 Å². The van der Waals surface area contributed by atoms with Crippen molar-refractivity contribution in [3.05, 3.63) is 59.8 Å². The van der Waals surface area contributed by atoms with E-state index in [-0.39, 0.29) is 5.82 Å². The summed E-state index contributed by atoms with van der Waals surface area (Å²) in [5, 5.41) is 3.31. The standard InChI is InChI=1S/C23H26F3N7/c1-16-6-8-17(9-7-16)28-19-15-20(31(2)3)30-22(29-19)33-13-11-32(12-14-33)21-18(23(24,25)26)5-4-10-27-21/h4-10,15H,11-14H2,1-3H3,(H,28,29,30). The number of aryl methyl sites for hydroxylation is 1. The fourth-order valence-corrected chi connectivity index (χ4v) is 3.63. The molecule has 0 amide bonds. The van der Waals surface area contributed by atoms with Gasteiger partial charge < -0.3 is 20.0 Å². The Morgan fingerprint density at radius 2 is 1.61 bits per heavy atom. The number of benzene rings is 1. The van der Waals surface area contributed by atoms with Crippen LogP contribution in [-0.4, -0.2) is 55.2 Å². The lowest BCUT2D eigenvalue weighted by atomic mass is 10.2. The van der Waals surface area contributed by atoms with E-state index in [9.17, 15) is 13.2 Å². The number of nitrogens with zero attached hydrogens (tertiary/aromatic N) is 6. The highest BCUT2D eigenvalue weighted by molar-refractivity contribution is 5.62. The molecule has 0 spiro atoms. The summed E-state index contributed by atoms with van der Waals surface area (Å²) in [7, 11) is 3.80. The van der Waals surface area contributed by atoms with Crippen molar-refractivity contribution in [3.8, 4) is 0 Å². The lowest BCUT2D eigenvalue weighted by Crippen LogP contribution is -2.48. The van der Waals surface area contributed by atoms with Crippen molar-refractivity contribution < 1.29 is 13.2 Å². The molecule has 3 aromatic rings. The highest BCUT2D eigenvalue weighted by Gasteiger charge is 2.36. The predicted molar refractivity (Wildman–Crippen MR) is 124 cm³/mol. The Balaban J connectivity index is 1.53. The monoisotopic (exact) mass is 457 g/mol. The van der Waals surface area contributed by atoms with E-state index in [1.165, 1.54) is 12.3 Å². The van der Waals surface area contributed by atoms with E-state index in [1.54, 1.807) is 4.90 Å². The van der Waals surface area contributed by atoms with Crippen LogP contribution in [0.15, 0.2) is 48.7 Å². The lowest BCUT2D eigenvalue weighted by molar-refractivity contribution is -0.137. The Labute approximate surface area is 190 Å². The van der Waals surface area contributed by atoms with Gasteiger partial charge in [-0.05, 0) is 31.2 Å². The molecule has 7 nitrogen and oxygen atoms in total. The average molecular weight is 458 g/mol. The maximum atomic E-state index is 13.4. The van der Waals surface area contributed by atoms with E-state index in [0.29, 0.717) is 37.9 Å². The van der Waals surface area contributed by atoms with Crippen LogP contribution in [0.5, 0.6) is 0 Å². The van der Waals surface area contributed by atoms with Crippen LogP contribution in [0.4, 0.5) is 42.3 Å². The van der Waals surface area contributed by atoms with E-state index in [0.717, 1.165) is 23.1 Å². The van der Waals surface area contributed by atoms with Crippen molar-refractivity contribution in [2.75, 3.05) is 60.3 Å². The summed E-state index contributed by atoms with van der Waals surface area (Å²) in [5.41, 5.74) is 1.36. The van der Waals surface area contributed by atoms with Crippen LogP contribution in [0, 0.1) is 6.92 Å². The minimum atomic E-state index is -4.44. The molecule has 0 radical (unpaired) electrons. The molecule has 1 aliphatic rings. The van der Waals surface area contributed by atoms with E-state index in [1.807, 2.05) is 61.2 Å². The van der Waals surface area contributed by atoms with Crippen LogP contribution in [0.1, 0.15) is 11.1 Å². The fourth-order valence-electron chi connectivity index (χ4n) is 3.63. The molecule has 0 atom stereocenters. The van der Waals surface area contributed by atoms with Gasteiger partial charge in [0.05, 0.1) is 5.56 Å². The molecule has 0 saturated carbocycles. The highest BCUT2D eigenvalue weighted by Crippen LogP contribution is 2.35. The lowest BCUT2D eigenvalue weighted by Gasteiger charge is -2.36. The van der Waals surface area contributed by atoms with E-state index >= 15 is 0 Å². The minimum absolute atomic E-state index is 0.0330. The molecule has 0 bridgehead atoms. The molecular weight excluding hydrogens is 431 g/mol. The van der Waals surface area contributed by atoms with Gasteiger partial charge in [0.2, 0.25) is 5.95 Å². The van der Waals surface area contributed by atoms with Gasteiger partial charge in [0.1, 0.15) is 17.5 Å². The van der Waals surface area contributed by atoms with Crippen molar-refractivity contribution in [1.29, 1.82) is 0 Å². The number of hydrogen-bond donors (Lipinski definition) is 1. The molecule has 1 saturated heterocycles. The number of alkyl halides is 3. The number of aromatic nitrogens is 3. The summed E-state index contributed by atoms with van der Waals surface area (Å²) >= 11 is 0. The molecule has 2 aromatic heterocycles. The molecule has 4 rings (SSSR count). The van der Waals surface area contributed by atoms with E-state index in [4.69, 9.17) is 0 Å². The van der Waals surface area contributed by atoms with Gasteiger partial charge in [0.15, 0.2) is 0 Å². The molecule has 174 valence electrons. The van der Waals surface area contributed by atoms with Crippen molar-refractivity contribution >= 4 is 29.1 Å². The van der Waals surface area contributed by atoms with Crippen molar-refractivity contribution in [2.45, 2.75) is 13.1 Å². The first kappa shape index (κ1) is 22.6. The normalized spacial score (nSPS) is 14.4. The molecule has 10 heteroatoms. The smallest absolute Gasteiger partial charge is 0.363 e. The number of hydrogen-bond acceptors (Lipinski definition) is 7. The van der Waals surface area contributed by atoms with Crippen LogP contribution in [0.25, 0.3) is 0 Å². The molecular formula is C23H26F3N7. The fraction of sp³-hybridized carbons (Fsp3) is 0.348. The van der Waals surface area contributed by atoms with E-state index < -0.39 is 11.7 Å². The molecule has 0 unspecified atom stereocenters. The van der Waals surface area contributed by atoms with Gasteiger partial charge in [0, 0.05) is 58.2 Å². The predicted octanol–water partition coefficient (Wildman–Crippen LogP) is 4.34. The second-order valence-corrected chi connectivity index (χ2v) is 8.14. The topological polar surface area (TPSA) is 60.4 Å². The summed E-state index contributed by atoms with van der Waals surface area (Å²) in [6.45, 7) is 3.76. The third kappa shape index (κ3) is 5.27. The highest BCUT2D eigenvalue weighted by atomic mass is 19.4. The quantitative estimate of drug-likeness (QED) is 0.612. The summed E-state index contributed by atoms with van der Waals surface area (Å²) in [5.74, 6) is 1.89. The maximum absolute atomic E-state index is 13.4. The van der Waals surface area contributed by atoms with Gasteiger partial charge in [-0.15, -0.1) is 0 Å². The molecule has 1 aliphatic heterocycles. The third-order valence-electron chi connectivity index (χ3n) is 5.44. The largest absolute Gasteiger partial charge is 0.419 e. The van der Waals surface area contributed by atoms with Gasteiger partial charge in [-0.2, -0.15) is 23.1 Å². The van der Waals surface area contributed by atoms with Crippen LogP contribution >= 0.6 is 0 Å². The minimum Gasteiger partial charge on any atom is -0.363 e. The number of anilines is 5. The van der Waals surface area contributed by atoms with Crippen molar-refractivity contribution in [1.82, 2.24) is 15.0 Å². The van der Waals surface area contributed by atoms with Gasteiger partial charge in [-0.1, -0.05) is 17.7 Å². The molecule has 33 heavy (non-hydrogen) atoms. The van der Waals surface area contributed by atoms with Crippen LogP contribution in [0.2, 0.25) is 0 Å². The third-order valence-corrected chi connectivity index (χ3v) is 5.44. The van der Waals surface area contributed by atoms with Gasteiger partial charge >= 0.3 is 6.18 Å². The average Bonchev–Trinajstić information content (AvgIpc) is 2.80. The van der Waals surface area contributed by atoms with Gasteiger partial charge in [-0.25, -0.2) is 4.98 Å². The second-order valence-electron chi connectivity index (χ2n) is 8.14. The number of nitrogens with one attached hydrogen (secondary N) is 1. The zero-order valence-corrected chi connectivity index (χ0v) is 18.8. The Morgan fingerprint density at radius 3 is 2.24 bits per heavy atom. The SMILES string of the molecule is Cc1ccc(Nc2cc(N(C)C)nc(N3CCN(c4ncccc4C(F)(F)F)CC3)n2)cc1. The molecule has 1 N–H and O–H groups in total. The summed E-state index contributed by atoms with van der Waals surface area (Å²) in [4.78, 5) is 18.9. The molecule has 1 fully saturated rings.